The van der Waals surface area contributed by atoms with E-state index in [0.29, 0.717) is 12.3 Å². The first kappa shape index (κ1) is 9.44. The number of hydrogen-bond acceptors (Lipinski definition) is 2. The van der Waals surface area contributed by atoms with Crippen LogP contribution < -0.4 is 0 Å². The first-order valence-electron chi connectivity index (χ1n) is 5.15. The fourth-order valence-electron chi connectivity index (χ4n) is 2.48. The van der Waals surface area contributed by atoms with Gasteiger partial charge in [0.15, 0.2) is 5.78 Å². The second-order valence-electron chi connectivity index (χ2n) is 4.19. The standard InChI is InChI=1S/C11H14O3/c12-10-6-8-4-2-1-3-7(8)5-9(10)11(13)14/h6-7,9H,1-5H2,(H,13,14). The van der Waals surface area contributed by atoms with Crippen molar-refractivity contribution in [1.29, 1.82) is 0 Å². The molecule has 0 spiro atoms. The van der Waals surface area contributed by atoms with Crippen molar-refractivity contribution in [2.75, 3.05) is 0 Å². The Labute approximate surface area is 82.8 Å². The summed E-state index contributed by atoms with van der Waals surface area (Å²) < 4.78 is 0. The summed E-state index contributed by atoms with van der Waals surface area (Å²) in [6, 6.07) is 0. The lowest BCUT2D eigenvalue weighted by Crippen LogP contribution is -2.31. The number of aliphatic carboxylic acids is 1. The molecule has 1 N–H and O–H groups in total. The van der Waals surface area contributed by atoms with Gasteiger partial charge in [0.05, 0.1) is 0 Å². The van der Waals surface area contributed by atoms with E-state index in [9.17, 15) is 9.59 Å². The summed E-state index contributed by atoms with van der Waals surface area (Å²) in [5, 5.41) is 8.85. The normalized spacial score (nSPS) is 32.0. The minimum atomic E-state index is -0.962. The Hall–Kier alpha value is -1.12. The molecule has 2 aliphatic carbocycles. The fraction of sp³-hybridized carbons (Fsp3) is 0.636. The zero-order chi connectivity index (χ0) is 10.1. The summed E-state index contributed by atoms with van der Waals surface area (Å²) in [6.07, 6.45) is 6.48. The largest absolute Gasteiger partial charge is 0.481 e. The Morgan fingerprint density at radius 3 is 2.93 bits per heavy atom. The third-order valence-corrected chi connectivity index (χ3v) is 3.28. The molecular weight excluding hydrogens is 180 g/mol. The van der Waals surface area contributed by atoms with Gasteiger partial charge in [-0.3, -0.25) is 9.59 Å². The minimum absolute atomic E-state index is 0.203. The van der Waals surface area contributed by atoms with E-state index in [2.05, 4.69) is 0 Å². The van der Waals surface area contributed by atoms with Crippen molar-refractivity contribution >= 4 is 11.8 Å². The highest BCUT2D eigenvalue weighted by molar-refractivity contribution is 6.05. The van der Waals surface area contributed by atoms with E-state index in [1.165, 1.54) is 12.0 Å². The van der Waals surface area contributed by atoms with Crippen LogP contribution in [0.1, 0.15) is 32.1 Å². The fourth-order valence-corrected chi connectivity index (χ4v) is 2.48. The molecule has 2 aliphatic rings. The van der Waals surface area contributed by atoms with Crippen LogP contribution in [0.2, 0.25) is 0 Å². The molecule has 0 aromatic rings. The third-order valence-electron chi connectivity index (χ3n) is 3.28. The summed E-state index contributed by atoms with van der Waals surface area (Å²) in [4.78, 5) is 22.2. The smallest absolute Gasteiger partial charge is 0.314 e. The molecule has 2 unspecified atom stereocenters. The van der Waals surface area contributed by atoms with Crippen LogP contribution in [0.25, 0.3) is 0 Å². The van der Waals surface area contributed by atoms with Crippen molar-refractivity contribution in [2.45, 2.75) is 32.1 Å². The maximum absolute atomic E-state index is 11.4. The Morgan fingerprint density at radius 2 is 2.21 bits per heavy atom. The summed E-state index contributed by atoms with van der Waals surface area (Å²) in [6.45, 7) is 0. The molecule has 0 saturated heterocycles. The SMILES string of the molecule is O=C(O)C1CC2CCCCC2=CC1=O. The predicted octanol–water partition coefficient (Wildman–Crippen LogP) is 1.78. The van der Waals surface area contributed by atoms with Gasteiger partial charge in [0.2, 0.25) is 0 Å². The zero-order valence-corrected chi connectivity index (χ0v) is 8.03. The summed E-state index contributed by atoms with van der Waals surface area (Å²) in [5.74, 6) is -1.58. The van der Waals surface area contributed by atoms with Crippen LogP contribution in [0.3, 0.4) is 0 Å². The van der Waals surface area contributed by atoms with Gasteiger partial charge in [0.25, 0.3) is 0 Å². The number of fused-ring (bicyclic) bond motifs is 1. The second-order valence-corrected chi connectivity index (χ2v) is 4.19. The van der Waals surface area contributed by atoms with E-state index in [4.69, 9.17) is 5.11 Å². The Kier molecular flexibility index (Phi) is 2.40. The maximum atomic E-state index is 11.4. The Balaban J connectivity index is 2.20. The number of ketones is 1. The number of carboxylic acids is 1. The molecule has 0 bridgehead atoms. The van der Waals surface area contributed by atoms with Crippen LogP contribution in [0.4, 0.5) is 0 Å². The van der Waals surface area contributed by atoms with Gasteiger partial charge in [-0.05, 0) is 37.7 Å². The maximum Gasteiger partial charge on any atom is 0.314 e. The minimum Gasteiger partial charge on any atom is -0.481 e. The zero-order valence-electron chi connectivity index (χ0n) is 8.03. The topological polar surface area (TPSA) is 54.4 Å². The van der Waals surface area contributed by atoms with E-state index in [1.807, 2.05) is 0 Å². The van der Waals surface area contributed by atoms with Crippen LogP contribution in [0.5, 0.6) is 0 Å². The van der Waals surface area contributed by atoms with Crippen molar-refractivity contribution in [3.05, 3.63) is 11.6 Å². The van der Waals surface area contributed by atoms with Crippen LogP contribution in [0.15, 0.2) is 11.6 Å². The molecule has 14 heavy (non-hydrogen) atoms. The van der Waals surface area contributed by atoms with Gasteiger partial charge < -0.3 is 5.11 Å². The highest BCUT2D eigenvalue weighted by Gasteiger charge is 2.35. The monoisotopic (exact) mass is 194 g/mol. The van der Waals surface area contributed by atoms with Crippen LogP contribution in [-0.4, -0.2) is 16.9 Å². The highest BCUT2D eigenvalue weighted by Crippen LogP contribution is 2.37. The third kappa shape index (κ3) is 1.59. The summed E-state index contributed by atoms with van der Waals surface area (Å²) in [7, 11) is 0. The lowest BCUT2D eigenvalue weighted by molar-refractivity contribution is -0.146. The average Bonchev–Trinajstić information content (AvgIpc) is 2.16. The van der Waals surface area contributed by atoms with Gasteiger partial charge in [0.1, 0.15) is 5.92 Å². The van der Waals surface area contributed by atoms with Gasteiger partial charge in [-0.25, -0.2) is 0 Å². The molecule has 0 aromatic carbocycles. The average molecular weight is 194 g/mol. The van der Waals surface area contributed by atoms with Crippen molar-refractivity contribution in [1.82, 2.24) is 0 Å². The number of carboxylic acid groups (broad SMARTS) is 1. The number of carbonyl (C=O) groups is 2. The lowest BCUT2D eigenvalue weighted by Gasteiger charge is -2.30. The molecule has 76 valence electrons. The molecule has 3 heteroatoms. The molecule has 0 aromatic heterocycles. The molecule has 3 nitrogen and oxygen atoms in total. The van der Waals surface area contributed by atoms with Crippen LogP contribution >= 0.6 is 0 Å². The molecule has 0 heterocycles. The first-order chi connectivity index (χ1) is 6.68. The van der Waals surface area contributed by atoms with Crippen LogP contribution in [0, 0.1) is 11.8 Å². The summed E-state index contributed by atoms with van der Waals surface area (Å²) >= 11 is 0. The van der Waals surface area contributed by atoms with Gasteiger partial charge in [0, 0.05) is 0 Å². The van der Waals surface area contributed by atoms with Crippen molar-refractivity contribution in [3.63, 3.8) is 0 Å². The first-order valence-corrected chi connectivity index (χ1v) is 5.15. The van der Waals surface area contributed by atoms with Gasteiger partial charge in [-0.1, -0.05) is 12.0 Å². The number of carbonyl (C=O) groups excluding carboxylic acids is 1. The Bertz CT molecular complexity index is 304. The van der Waals surface area contributed by atoms with E-state index in [-0.39, 0.29) is 5.78 Å². The molecule has 2 rings (SSSR count). The Morgan fingerprint density at radius 1 is 1.43 bits per heavy atom. The van der Waals surface area contributed by atoms with E-state index < -0.39 is 11.9 Å². The van der Waals surface area contributed by atoms with Gasteiger partial charge >= 0.3 is 5.97 Å². The predicted molar refractivity (Wildman–Crippen MR) is 50.8 cm³/mol. The molecule has 2 atom stereocenters. The van der Waals surface area contributed by atoms with E-state index in [1.54, 1.807) is 6.08 Å². The molecular formula is C11H14O3. The molecule has 1 saturated carbocycles. The molecule has 1 fully saturated rings. The van der Waals surface area contributed by atoms with Crippen molar-refractivity contribution < 1.29 is 14.7 Å². The van der Waals surface area contributed by atoms with Crippen molar-refractivity contribution in [2.24, 2.45) is 11.8 Å². The lowest BCUT2D eigenvalue weighted by atomic mass is 9.73. The number of allylic oxidation sites excluding steroid dienone is 2. The van der Waals surface area contributed by atoms with E-state index in [0.717, 1.165) is 19.3 Å². The number of rotatable bonds is 1. The quantitative estimate of drug-likeness (QED) is 0.647. The number of hydrogen-bond donors (Lipinski definition) is 1. The van der Waals surface area contributed by atoms with Gasteiger partial charge in [-0.15, -0.1) is 0 Å². The van der Waals surface area contributed by atoms with E-state index >= 15 is 0 Å². The highest BCUT2D eigenvalue weighted by atomic mass is 16.4. The van der Waals surface area contributed by atoms with Gasteiger partial charge in [-0.2, -0.15) is 0 Å². The van der Waals surface area contributed by atoms with Crippen LogP contribution in [-0.2, 0) is 9.59 Å². The molecule has 0 amide bonds. The van der Waals surface area contributed by atoms with Crippen molar-refractivity contribution in [3.8, 4) is 0 Å². The molecule has 0 radical (unpaired) electrons. The second kappa shape index (κ2) is 3.56. The summed E-state index contributed by atoms with van der Waals surface area (Å²) in [5.41, 5.74) is 1.19. The molecule has 0 aliphatic heterocycles.